The predicted molar refractivity (Wildman–Crippen MR) is 85.7 cm³/mol. The molecular weight excluding hydrogens is 286 g/mol. The van der Waals surface area contributed by atoms with Gasteiger partial charge in [-0.15, -0.1) is 11.3 Å². The summed E-state index contributed by atoms with van der Waals surface area (Å²) in [5.41, 5.74) is 1.01. The summed E-state index contributed by atoms with van der Waals surface area (Å²) >= 11 is 1.53. The van der Waals surface area contributed by atoms with Gasteiger partial charge in [0, 0.05) is 44.6 Å². The summed E-state index contributed by atoms with van der Waals surface area (Å²) in [5.74, 6) is 0.725. The molecule has 1 aliphatic rings. The smallest absolute Gasteiger partial charge is 0.225 e. The molecule has 1 atom stereocenters. The van der Waals surface area contributed by atoms with E-state index < -0.39 is 0 Å². The zero-order valence-electron chi connectivity index (χ0n) is 13.1. The molecule has 118 valence electrons. The fourth-order valence-corrected chi connectivity index (χ4v) is 3.57. The van der Waals surface area contributed by atoms with Crippen molar-refractivity contribution in [1.29, 1.82) is 0 Å². The van der Waals surface area contributed by atoms with Crippen molar-refractivity contribution in [3.05, 3.63) is 11.1 Å². The van der Waals surface area contributed by atoms with Gasteiger partial charge in [-0.05, 0) is 32.6 Å². The van der Waals surface area contributed by atoms with Gasteiger partial charge in [0.15, 0.2) is 5.13 Å². The van der Waals surface area contributed by atoms with Crippen LogP contribution in [0.25, 0.3) is 0 Å². The van der Waals surface area contributed by atoms with E-state index in [9.17, 15) is 4.79 Å². The number of hydrogen-bond acceptors (Lipinski definition) is 5. The van der Waals surface area contributed by atoms with Crippen molar-refractivity contribution in [1.82, 2.24) is 10.3 Å². The number of aromatic nitrogens is 1. The monoisotopic (exact) mass is 311 g/mol. The van der Waals surface area contributed by atoms with E-state index in [1.807, 2.05) is 12.3 Å². The molecule has 1 aromatic heterocycles. The maximum absolute atomic E-state index is 11.5. The van der Waals surface area contributed by atoms with E-state index in [2.05, 4.69) is 17.2 Å². The van der Waals surface area contributed by atoms with Crippen LogP contribution in [-0.4, -0.2) is 36.7 Å². The number of hydrogen-bond donors (Lipinski definition) is 1. The minimum Gasteiger partial charge on any atom is -0.381 e. The summed E-state index contributed by atoms with van der Waals surface area (Å²) in [6.45, 7) is 8.95. The Morgan fingerprint density at radius 3 is 2.90 bits per heavy atom. The fourth-order valence-electron chi connectivity index (χ4n) is 2.64. The summed E-state index contributed by atoms with van der Waals surface area (Å²) in [6, 6.07) is 0.467. The standard InChI is InChI=1S/C15H25N3O2S/c1-4-18(12(3)19)15-17-14(10-21-15)9-16-11(2)13-5-7-20-8-6-13/h10-11,13,16H,4-9H2,1-3H3. The van der Waals surface area contributed by atoms with Crippen molar-refractivity contribution < 1.29 is 9.53 Å². The van der Waals surface area contributed by atoms with Crippen LogP contribution in [0.3, 0.4) is 0 Å². The molecule has 1 fully saturated rings. The number of nitrogens with one attached hydrogen (secondary N) is 1. The minimum absolute atomic E-state index is 0.0435. The molecule has 5 nitrogen and oxygen atoms in total. The Bertz CT molecular complexity index is 458. The van der Waals surface area contributed by atoms with Gasteiger partial charge in [0.05, 0.1) is 5.69 Å². The van der Waals surface area contributed by atoms with E-state index in [0.717, 1.165) is 43.4 Å². The molecule has 0 aliphatic carbocycles. The number of nitrogens with zero attached hydrogens (tertiary/aromatic N) is 2. The van der Waals surface area contributed by atoms with Crippen molar-refractivity contribution in [3.8, 4) is 0 Å². The second-order valence-corrected chi connectivity index (χ2v) is 6.34. The Hall–Kier alpha value is -0.980. The lowest BCUT2D eigenvalue weighted by Gasteiger charge is -2.28. The van der Waals surface area contributed by atoms with Crippen molar-refractivity contribution in [2.24, 2.45) is 5.92 Å². The highest BCUT2D eigenvalue weighted by Crippen LogP contribution is 2.22. The fraction of sp³-hybridized carbons (Fsp3) is 0.733. The first-order valence-electron chi connectivity index (χ1n) is 7.65. The van der Waals surface area contributed by atoms with Gasteiger partial charge in [-0.25, -0.2) is 4.98 Å². The Kier molecular flexibility index (Phi) is 6.14. The maximum atomic E-state index is 11.5. The number of anilines is 1. The number of thiazole rings is 1. The van der Waals surface area contributed by atoms with E-state index in [1.54, 1.807) is 11.8 Å². The molecule has 1 aromatic rings. The molecule has 0 bridgehead atoms. The molecule has 6 heteroatoms. The highest BCUT2D eigenvalue weighted by molar-refractivity contribution is 7.14. The molecule has 1 N–H and O–H groups in total. The van der Waals surface area contributed by atoms with Crippen molar-refractivity contribution in [2.75, 3.05) is 24.7 Å². The van der Waals surface area contributed by atoms with Gasteiger partial charge in [-0.2, -0.15) is 0 Å². The Labute approximate surface area is 130 Å². The minimum atomic E-state index is 0.0435. The van der Waals surface area contributed by atoms with Gasteiger partial charge >= 0.3 is 0 Å². The number of carbonyl (C=O) groups excluding carboxylic acids is 1. The van der Waals surface area contributed by atoms with Gasteiger partial charge < -0.3 is 10.1 Å². The Morgan fingerprint density at radius 2 is 2.29 bits per heavy atom. The van der Waals surface area contributed by atoms with E-state index in [-0.39, 0.29) is 5.91 Å². The van der Waals surface area contributed by atoms with E-state index in [4.69, 9.17) is 4.74 Å². The summed E-state index contributed by atoms with van der Waals surface area (Å²) < 4.78 is 5.40. The zero-order valence-corrected chi connectivity index (χ0v) is 13.9. The summed E-state index contributed by atoms with van der Waals surface area (Å²) in [4.78, 5) is 17.8. The normalized spacial score (nSPS) is 17.7. The Morgan fingerprint density at radius 1 is 1.57 bits per heavy atom. The SMILES string of the molecule is CCN(C(C)=O)c1nc(CNC(C)C2CCOCC2)cs1. The number of amides is 1. The molecule has 1 amide bonds. The molecular formula is C15H25N3O2S. The largest absolute Gasteiger partial charge is 0.381 e. The summed E-state index contributed by atoms with van der Waals surface area (Å²) in [5, 5.41) is 6.38. The summed E-state index contributed by atoms with van der Waals surface area (Å²) in [7, 11) is 0. The topological polar surface area (TPSA) is 54.5 Å². The van der Waals surface area contributed by atoms with Crippen LogP contribution < -0.4 is 10.2 Å². The van der Waals surface area contributed by atoms with Crippen LogP contribution in [-0.2, 0) is 16.1 Å². The van der Waals surface area contributed by atoms with E-state index in [0.29, 0.717) is 18.5 Å². The van der Waals surface area contributed by atoms with Crippen LogP contribution >= 0.6 is 11.3 Å². The highest BCUT2D eigenvalue weighted by atomic mass is 32.1. The first-order chi connectivity index (χ1) is 10.1. The molecule has 0 aromatic carbocycles. The highest BCUT2D eigenvalue weighted by Gasteiger charge is 2.20. The van der Waals surface area contributed by atoms with Crippen LogP contribution in [0.5, 0.6) is 0 Å². The molecule has 2 rings (SSSR count). The summed E-state index contributed by atoms with van der Waals surface area (Å²) in [6.07, 6.45) is 2.26. The molecule has 0 saturated carbocycles. The maximum Gasteiger partial charge on any atom is 0.225 e. The Balaban J connectivity index is 1.86. The molecule has 1 aliphatic heterocycles. The first kappa shape index (κ1) is 16.4. The van der Waals surface area contributed by atoms with Gasteiger partial charge in [-0.3, -0.25) is 9.69 Å². The van der Waals surface area contributed by atoms with Crippen LogP contribution in [0.2, 0.25) is 0 Å². The van der Waals surface area contributed by atoms with Crippen LogP contribution in [0.15, 0.2) is 5.38 Å². The third kappa shape index (κ3) is 4.49. The van der Waals surface area contributed by atoms with Crippen molar-refractivity contribution >= 4 is 22.4 Å². The molecule has 1 unspecified atom stereocenters. The van der Waals surface area contributed by atoms with Crippen LogP contribution in [0.1, 0.15) is 39.3 Å². The van der Waals surface area contributed by atoms with Gasteiger partial charge in [0.1, 0.15) is 0 Å². The van der Waals surface area contributed by atoms with Gasteiger partial charge in [-0.1, -0.05) is 0 Å². The van der Waals surface area contributed by atoms with Crippen molar-refractivity contribution in [3.63, 3.8) is 0 Å². The van der Waals surface area contributed by atoms with Gasteiger partial charge in [0.25, 0.3) is 0 Å². The molecule has 2 heterocycles. The molecule has 21 heavy (non-hydrogen) atoms. The number of carbonyl (C=O) groups is 1. The molecule has 0 radical (unpaired) electrons. The zero-order chi connectivity index (χ0) is 15.2. The quantitative estimate of drug-likeness (QED) is 0.876. The van der Waals surface area contributed by atoms with Crippen LogP contribution in [0, 0.1) is 5.92 Å². The predicted octanol–water partition coefficient (Wildman–Crippen LogP) is 2.42. The van der Waals surface area contributed by atoms with Gasteiger partial charge in [0.2, 0.25) is 5.91 Å². The average molecular weight is 311 g/mol. The first-order valence-corrected chi connectivity index (χ1v) is 8.53. The molecule has 1 saturated heterocycles. The number of rotatable bonds is 6. The third-order valence-corrected chi connectivity index (χ3v) is 4.96. The second-order valence-electron chi connectivity index (χ2n) is 5.50. The number of ether oxygens (including phenoxy) is 1. The lowest BCUT2D eigenvalue weighted by molar-refractivity contribution is -0.116. The average Bonchev–Trinajstić information content (AvgIpc) is 2.94. The lowest BCUT2D eigenvalue weighted by Crippen LogP contribution is -2.36. The van der Waals surface area contributed by atoms with E-state index >= 15 is 0 Å². The lowest BCUT2D eigenvalue weighted by atomic mass is 9.93. The van der Waals surface area contributed by atoms with Crippen molar-refractivity contribution in [2.45, 2.75) is 46.2 Å². The van der Waals surface area contributed by atoms with Crippen LogP contribution in [0.4, 0.5) is 5.13 Å². The third-order valence-electron chi connectivity index (χ3n) is 4.05. The van der Waals surface area contributed by atoms with E-state index in [1.165, 1.54) is 11.3 Å². The second kappa shape index (κ2) is 7.87. The molecule has 0 spiro atoms.